The molecule has 1 aliphatic rings. The van der Waals surface area contributed by atoms with Crippen LogP contribution in [0.3, 0.4) is 0 Å². The van der Waals surface area contributed by atoms with E-state index in [0.29, 0.717) is 6.04 Å². The highest BCUT2D eigenvalue weighted by atomic mass is 35.5. The van der Waals surface area contributed by atoms with E-state index in [9.17, 15) is 5.11 Å². The van der Waals surface area contributed by atoms with Gasteiger partial charge in [-0.2, -0.15) is 11.3 Å². The van der Waals surface area contributed by atoms with Crippen molar-refractivity contribution in [3.8, 4) is 0 Å². The number of halogens is 1. The first-order valence-electron chi connectivity index (χ1n) is 8.74. The molecule has 1 atom stereocenters. The van der Waals surface area contributed by atoms with E-state index in [1.807, 2.05) is 24.3 Å². The summed E-state index contributed by atoms with van der Waals surface area (Å²) in [6.45, 7) is 4.93. The molecule has 0 saturated carbocycles. The number of thiophene rings is 1. The van der Waals surface area contributed by atoms with Gasteiger partial charge in [-0.25, -0.2) is 0 Å². The van der Waals surface area contributed by atoms with Crippen molar-refractivity contribution in [3.63, 3.8) is 0 Å². The molecule has 1 unspecified atom stereocenters. The number of nitrogens with zero attached hydrogens (tertiary/aromatic N) is 2. The normalized spacial score (nSPS) is 20.1. The molecule has 0 spiro atoms. The summed E-state index contributed by atoms with van der Waals surface area (Å²) in [5.41, 5.74) is 2.50. The molecule has 1 saturated heterocycles. The van der Waals surface area contributed by atoms with Gasteiger partial charge in [0.2, 0.25) is 0 Å². The Morgan fingerprint density at radius 1 is 1.24 bits per heavy atom. The third-order valence-corrected chi connectivity index (χ3v) is 5.58. The molecule has 3 rings (SSSR count). The summed E-state index contributed by atoms with van der Waals surface area (Å²) >= 11 is 8.22. The summed E-state index contributed by atoms with van der Waals surface area (Å²) in [4.78, 5) is 4.88. The predicted octanol–water partition coefficient (Wildman–Crippen LogP) is 3.90. The maximum atomic E-state index is 9.44. The van der Waals surface area contributed by atoms with Crippen LogP contribution in [0.4, 0.5) is 0 Å². The van der Waals surface area contributed by atoms with Gasteiger partial charge in [0.25, 0.3) is 0 Å². The molecular weight excluding hydrogens is 352 g/mol. The number of hydrogen-bond acceptors (Lipinski definition) is 4. The van der Waals surface area contributed by atoms with E-state index in [4.69, 9.17) is 11.6 Å². The average molecular weight is 377 g/mol. The topological polar surface area (TPSA) is 26.7 Å². The highest BCUT2D eigenvalue weighted by molar-refractivity contribution is 7.07. The first kappa shape index (κ1) is 18.6. The number of rotatable bonds is 7. The molecule has 1 aliphatic heterocycles. The van der Waals surface area contributed by atoms with Gasteiger partial charge in [0, 0.05) is 50.4 Å². The largest absolute Gasteiger partial charge is 0.396 e. The van der Waals surface area contributed by atoms with Crippen LogP contribution in [0.1, 0.15) is 17.5 Å². The lowest BCUT2D eigenvalue weighted by Crippen LogP contribution is -2.53. The third-order valence-electron chi connectivity index (χ3n) is 4.61. The smallest absolute Gasteiger partial charge is 0.0446 e. The van der Waals surface area contributed by atoms with E-state index in [-0.39, 0.29) is 6.61 Å². The van der Waals surface area contributed by atoms with E-state index in [0.717, 1.165) is 49.7 Å². The minimum atomic E-state index is 0.228. The quantitative estimate of drug-likeness (QED) is 0.794. The predicted molar refractivity (Wildman–Crippen MR) is 107 cm³/mol. The van der Waals surface area contributed by atoms with Crippen molar-refractivity contribution >= 4 is 29.0 Å². The highest BCUT2D eigenvalue weighted by Gasteiger charge is 2.26. The first-order valence-corrected chi connectivity index (χ1v) is 10.1. The molecule has 5 heteroatoms. The minimum Gasteiger partial charge on any atom is -0.396 e. The SMILES string of the molecule is OCCC1CN(C/C(Cl)=C/c2ccccc2)CCN1Cc1ccsc1. The highest BCUT2D eigenvalue weighted by Crippen LogP contribution is 2.20. The molecule has 1 fully saturated rings. The van der Waals surface area contributed by atoms with Gasteiger partial charge in [-0.1, -0.05) is 41.9 Å². The second-order valence-electron chi connectivity index (χ2n) is 6.51. The summed E-state index contributed by atoms with van der Waals surface area (Å²) < 4.78 is 0. The van der Waals surface area contributed by atoms with E-state index in [1.54, 1.807) is 11.3 Å². The Kier molecular flexibility index (Phi) is 7.08. The Bertz CT molecular complexity index is 660. The number of piperazine rings is 1. The fourth-order valence-corrected chi connectivity index (χ4v) is 4.29. The van der Waals surface area contributed by atoms with Crippen LogP contribution in [0.2, 0.25) is 0 Å². The summed E-state index contributed by atoms with van der Waals surface area (Å²) in [5, 5.41) is 14.6. The molecule has 1 aromatic carbocycles. The first-order chi connectivity index (χ1) is 12.2. The molecule has 1 aromatic heterocycles. The number of hydrogen-bond donors (Lipinski definition) is 1. The summed E-state index contributed by atoms with van der Waals surface area (Å²) in [5.74, 6) is 0. The lowest BCUT2D eigenvalue weighted by atomic mass is 10.1. The molecule has 0 radical (unpaired) electrons. The van der Waals surface area contributed by atoms with Crippen molar-refractivity contribution in [2.24, 2.45) is 0 Å². The molecule has 0 aliphatic carbocycles. The van der Waals surface area contributed by atoms with Crippen LogP contribution in [0.15, 0.2) is 52.2 Å². The molecule has 0 amide bonds. The summed E-state index contributed by atoms with van der Waals surface area (Å²) in [7, 11) is 0. The fraction of sp³-hybridized carbons (Fsp3) is 0.400. The number of aliphatic hydroxyl groups is 1. The second kappa shape index (κ2) is 9.51. The zero-order valence-corrected chi connectivity index (χ0v) is 15.9. The van der Waals surface area contributed by atoms with Gasteiger partial charge in [0.15, 0.2) is 0 Å². The fourth-order valence-electron chi connectivity index (χ4n) is 3.34. The molecule has 2 aromatic rings. The molecule has 25 heavy (non-hydrogen) atoms. The summed E-state index contributed by atoms with van der Waals surface area (Å²) in [6.07, 6.45) is 2.85. The standard InChI is InChI=1S/C20H25ClN2OS/c21-19(12-17-4-2-1-3-5-17)14-22-8-9-23(20(15-22)6-10-24)13-18-7-11-25-16-18/h1-5,7,11-12,16,20,24H,6,8-10,13-15H2/b19-12-. The average Bonchev–Trinajstić information content (AvgIpc) is 3.11. The van der Waals surface area contributed by atoms with Crippen molar-refractivity contribution in [2.75, 3.05) is 32.8 Å². The van der Waals surface area contributed by atoms with Crippen molar-refractivity contribution < 1.29 is 5.11 Å². The van der Waals surface area contributed by atoms with E-state index >= 15 is 0 Å². The van der Waals surface area contributed by atoms with Gasteiger partial charge < -0.3 is 5.11 Å². The van der Waals surface area contributed by atoms with Gasteiger partial charge in [-0.05, 0) is 40.5 Å². The second-order valence-corrected chi connectivity index (χ2v) is 7.77. The van der Waals surface area contributed by atoms with E-state index < -0.39 is 0 Å². The van der Waals surface area contributed by atoms with E-state index in [1.165, 1.54) is 5.56 Å². The molecular formula is C20H25ClN2OS. The zero-order chi connectivity index (χ0) is 17.5. The van der Waals surface area contributed by atoms with Crippen molar-refractivity contribution in [2.45, 2.75) is 19.0 Å². The van der Waals surface area contributed by atoms with Gasteiger partial charge in [0.1, 0.15) is 0 Å². The van der Waals surface area contributed by atoms with Gasteiger partial charge in [-0.15, -0.1) is 0 Å². The Morgan fingerprint density at radius 3 is 2.80 bits per heavy atom. The van der Waals surface area contributed by atoms with Crippen molar-refractivity contribution in [1.29, 1.82) is 0 Å². The molecule has 1 N–H and O–H groups in total. The summed E-state index contributed by atoms with van der Waals surface area (Å²) in [6, 6.07) is 12.8. The maximum Gasteiger partial charge on any atom is 0.0446 e. The molecule has 3 nitrogen and oxygen atoms in total. The number of benzene rings is 1. The third kappa shape index (κ3) is 5.66. The van der Waals surface area contributed by atoms with Crippen molar-refractivity contribution in [1.82, 2.24) is 9.80 Å². The lowest BCUT2D eigenvalue weighted by molar-refractivity contribution is 0.0593. The molecule has 2 heterocycles. The lowest BCUT2D eigenvalue weighted by Gasteiger charge is -2.41. The van der Waals surface area contributed by atoms with Gasteiger partial charge in [0.05, 0.1) is 0 Å². The van der Waals surface area contributed by atoms with Crippen molar-refractivity contribution in [3.05, 3.63) is 63.3 Å². The van der Waals surface area contributed by atoms with Crippen LogP contribution in [0, 0.1) is 0 Å². The zero-order valence-electron chi connectivity index (χ0n) is 14.4. The molecule has 0 bridgehead atoms. The van der Waals surface area contributed by atoms with Gasteiger partial charge in [-0.3, -0.25) is 9.80 Å². The van der Waals surface area contributed by atoms with Gasteiger partial charge >= 0.3 is 0 Å². The number of aliphatic hydroxyl groups excluding tert-OH is 1. The Hall–Kier alpha value is -1.17. The van der Waals surface area contributed by atoms with Crippen LogP contribution in [0.5, 0.6) is 0 Å². The Morgan fingerprint density at radius 2 is 2.08 bits per heavy atom. The molecule has 134 valence electrons. The minimum absolute atomic E-state index is 0.228. The Balaban J connectivity index is 1.58. The van der Waals surface area contributed by atoms with Crippen LogP contribution in [0.25, 0.3) is 6.08 Å². The van der Waals surface area contributed by atoms with E-state index in [2.05, 4.69) is 38.8 Å². The van der Waals surface area contributed by atoms with Crippen LogP contribution in [-0.2, 0) is 6.54 Å². The van der Waals surface area contributed by atoms with Crippen LogP contribution in [-0.4, -0.2) is 53.7 Å². The van der Waals surface area contributed by atoms with Crippen LogP contribution < -0.4 is 0 Å². The monoisotopic (exact) mass is 376 g/mol. The maximum absolute atomic E-state index is 9.44. The van der Waals surface area contributed by atoms with Crippen LogP contribution >= 0.6 is 22.9 Å². The Labute approximate surface area is 159 Å².